The summed E-state index contributed by atoms with van der Waals surface area (Å²) in [6.07, 6.45) is 10.2. The zero-order valence-corrected chi connectivity index (χ0v) is 59.3. The molecule has 0 radical (unpaired) electrons. The molecule has 0 aliphatic carbocycles. The van der Waals surface area contributed by atoms with Gasteiger partial charge in [0.1, 0.15) is 0 Å². The molecule has 0 fully saturated rings. The van der Waals surface area contributed by atoms with Crippen molar-refractivity contribution in [3.63, 3.8) is 0 Å². The molecule has 33 N–H and O–H groups in total. The van der Waals surface area contributed by atoms with Crippen LogP contribution in [0.25, 0.3) is 0 Å². The normalized spacial score (nSPS) is 12.9. The molecule has 30 nitrogen and oxygen atoms in total. The number of hydrogen-bond acceptors (Lipinski definition) is 21. The van der Waals surface area contributed by atoms with Crippen LogP contribution in [0.1, 0.15) is 139 Å². The number of nitrogens with one attached hydrogen (secondary N) is 9. The quantitative estimate of drug-likeness (QED) is 0.0186. The van der Waals surface area contributed by atoms with Crippen LogP contribution in [0.2, 0.25) is 0 Å². The number of benzene rings is 4. The Bertz CT molecular complexity index is 2950. The first-order valence-electron chi connectivity index (χ1n) is 35.8. The van der Waals surface area contributed by atoms with E-state index in [2.05, 4.69) is 66.1 Å². The second-order valence-electron chi connectivity index (χ2n) is 25.6. The first-order valence-corrected chi connectivity index (χ1v) is 35.8. The molecule has 6 unspecified atom stereocenters. The summed E-state index contributed by atoms with van der Waals surface area (Å²) < 4.78 is 0. The molecule has 30 heteroatoms. The van der Waals surface area contributed by atoms with Crippen LogP contribution >= 0.6 is 0 Å². The number of hydrogen-bond donors (Lipinski definition) is 21. The average Bonchev–Trinajstić information content (AvgIpc) is 0.856. The number of nitrogens with two attached hydrogens (primary N) is 12. The summed E-state index contributed by atoms with van der Waals surface area (Å²) in [6.45, 7) is 3.27. The van der Waals surface area contributed by atoms with Crippen LogP contribution in [0, 0.1) is 0 Å². The van der Waals surface area contributed by atoms with Crippen LogP contribution in [0.4, 0.5) is 0 Å². The maximum Gasteiger partial charge on any atom is 0.251 e. The van der Waals surface area contributed by atoms with Gasteiger partial charge in [-0.25, -0.2) is 0 Å². The fourth-order valence-corrected chi connectivity index (χ4v) is 11.1. The van der Waals surface area contributed by atoms with Gasteiger partial charge < -0.3 is 117 Å². The molecule has 0 aromatic heterocycles. The zero-order valence-electron chi connectivity index (χ0n) is 59.3. The fourth-order valence-electron chi connectivity index (χ4n) is 11.1. The Hall–Kier alpha value is -8.37. The topological polar surface area (TPSA) is 574 Å². The van der Waals surface area contributed by atoms with Crippen molar-refractivity contribution in [1.29, 1.82) is 0 Å². The lowest BCUT2D eigenvalue weighted by molar-refractivity contribution is -0.122. The van der Waals surface area contributed by atoms with Crippen molar-refractivity contribution in [3.05, 3.63) is 140 Å². The van der Waals surface area contributed by atoms with Crippen molar-refractivity contribution in [3.8, 4) is 0 Å². The van der Waals surface area contributed by atoms with Crippen molar-refractivity contribution in [1.82, 2.24) is 47.9 Å². The van der Waals surface area contributed by atoms with Crippen LogP contribution < -0.4 is 117 Å². The molecular formula is C72H117N21O9. The van der Waals surface area contributed by atoms with E-state index >= 15 is 0 Å². The van der Waals surface area contributed by atoms with E-state index in [1.807, 2.05) is 54.6 Å². The summed E-state index contributed by atoms with van der Waals surface area (Å²) in [5.74, 6) is -2.81. The van der Waals surface area contributed by atoms with E-state index in [1.54, 1.807) is 0 Å². The van der Waals surface area contributed by atoms with E-state index in [0.717, 1.165) is 50.1 Å². The maximum absolute atomic E-state index is 14.2. The minimum Gasteiger partial charge on any atom is -0.355 e. The number of carbonyl (C=O) groups excluding carboxylic acids is 9. The minimum absolute atomic E-state index is 0.0102. The third-order valence-electron chi connectivity index (χ3n) is 17.3. The highest BCUT2D eigenvalue weighted by atomic mass is 16.2. The van der Waals surface area contributed by atoms with E-state index < -0.39 is 36.3 Å². The Morgan fingerprint density at radius 3 is 0.608 bits per heavy atom. The summed E-state index contributed by atoms with van der Waals surface area (Å²) in [5.41, 5.74) is 78.0. The van der Waals surface area contributed by atoms with E-state index in [-0.39, 0.29) is 92.4 Å². The van der Waals surface area contributed by atoms with Crippen LogP contribution in [-0.4, -0.2) is 188 Å². The minimum atomic E-state index is -0.822. The monoisotopic (exact) mass is 1420 g/mol. The molecule has 9 amide bonds. The number of carbonyl (C=O) groups is 9. The van der Waals surface area contributed by atoms with E-state index in [9.17, 15) is 43.2 Å². The zero-order chi connectivity index (χ0) is 74.8. The molecular weight excluding hydrogens is 1300 g/mol. The predicted molar refractivity (Wildman–Crippen MR) is 398 cm³/mol. The van der Waals surface area contributed by atoms with E-state index in [4.69, 9.17) is 68.8 Å². The van der Waals surface area contributed by atoms with E-state index in [1.165, 1.54) is 0 Å². The Morgan fingerprint density at radius 2 is 0.412 bits per heavy atom. The van der Waals surface area contributed by atoms with Crippen LogP contribution in [-0.2, 0) is 86.6 Å². The van der Waals surface area contributed by atoms with Gasteiger partial charge in [0, 0.05) is 115 Å². The van der Waals surface area contributed by atoms with Gasteiger partial charge in [0.25, 0.3) is 17.7 Å². The second-order valence-corrected chi connectivity index (χ2v) is 25.6. The number of amides is 9. The van der Waals surface area contributed by atoms with Crippen molar-refractivity contribution in [2.75, 3.05) is 98.2 Å². The molecule has 0 aliphatic rings. The first-order chi connectivity index (χ1) is 49.0. The molecule has 102 heavy (non-hydrogen) atoms. The molecule has 0 saturated carbocycles. The molecule has 564 valence electrons. The Balaban J connectivity index is 1.55. The Labute approximate surface area is 600 Å². The molecule has 4 aromatic rings. The van der Waals surface area contributed by atoms with Crippen LogP contribution in [0.5, 0.6) is 0 Å². The predicted octanol–water partition coefficient (Wildman–Crippen LogP) is -4.22. The number of aryl methyl sites for hydroxylation is 9. The number of rotatable bonds is 51. The Kier molecular flexibility index (Phi) is 40.9. The molecule has 0 heterocycles. The molecule has 0 aliphatic heterocycles. The van der Waals surface area contributed by atoms with Crippen molar-refractivity contribution in [2.45, 2.75) is 152 Å². The summed E-state index contributed by atoms with van der Waals surface area (Å²) in [4.78, 5) is 116. The van der Waals surface area contributed by atoms with Crippen molar-refractivity contribution < 1.29 is 43.2 Å². The lowest BCUT2D eigenvalue weighted by atomic mass is 9.96. The highest BCUT2D eigenvalue weighted by Crippen LogP contribution is 2.21. The van der Waals surface area contributed by atoms with Gasteiger partial charge in [0.05, 0.1) is 36.3 Å². The van der Waals surface area contributed by atoms with Gasteiger partial charge in [-0.2, -0.15) is 0 Å². The molecule has 0 spiro atoms. The van der Waals surface area contributed by atoms with Crippen LogP contribution in [0.3, 0.4) is 0 Å². The highest BCUT2D eigenvalue weighted by Gasteiger charge is 2.20. The molecule has 4 rings (SSSR count). The van der Waals surface area contributed by atoms with Gasteiger partial charge in [-0.05, 0) is 184 Å². The lowest BCUT2D eigenvalue weighted by Gasteiger charge is -2.15. The largest absolute Gasteiger partial charge is 0.355 e. The summed E-state index contributed by atoms with van der Waals surface area (Å²) in [6, 6.07) is 18.8. The third kappa shape index (κ3) is 31.9. The standard InChI is InChI=1S/C72H117N21O9/c73-40-58(79)67(97)88-28-1-10-46-19-22-52(16-7-31-91-70(100)61(82)43-76)55(37-46)64(94)85-25-4-13-49-34-50(14-5-26-86-65(95)56-38-47(11-2-29-89-68(98)59(80)41-74)20-23-53(56)17-8-32-92-71(101)62(83)44-77)36-51(35-49)15-6-27-87-66(96)57-39-48(12-3-30-90-69(99)60(81)42-75)21-24-54(57)18-9-33-93-72(102)63(84)45-78/h19-24,34-39,58-63H,1-18,25-33,40-45,73-84H2,(H,85,94)(H,86,95)(H,87,96)(H,88,97)(H,89,98)(H,90,99)(H,91,100)(H,92,101)(H,93,102). The van der Waals surface area contributed by atoms with Gasteiger partial charge in [0.2, 0.25) is 35.4 Å². The van der Waals surface area contributed by atoms with Gasteiger partial charge >= 0.3 is 0 Å². The Morgan fingerprint density at radius 1 is 0.235 bits per heavy atom. The molecule has 0 bridgehead atoms. The van der Waals surface area contributed by atoms with Gasteiger partial charge in [-0.15, -0.1) is 0 Å². The third-order valence-corrected chi connectivity index (χ3v) is 17.3. The second kappa shape index (κ2) is 48.5. The SMILES string of the molecule is NCC(N)C(=O)NCCCc1ccc(CCCNC(=O)C(N)CN)c(C(=O)NCCCc2cc(CCCNC(=O)c3cc(CCCNC(=O)C(N)CN)ccc3CCCNC(=O)C(N)CN)cc(CCCNC(=O)c3cc(CCCNC(=O)C(N)CN)ccc3CCCNC(=O)C(N)CN)c2)c1. The summed E-state index contributed by atoms with van der Waals surface area (Å²) in [5, 5.41) is 26.3. The first kappa shape index (κ1) is 86.0. The van der Waals surface area contributed by atoms with Gasteiger partial charge in [-0.3, -0.25) is 43.2 Å². The lowest BCUT2D eigenvalue weighted by Crippen LogP contribution is -2.45. The fraction of sp³-hybridized carbons (Fsp3) is 0.542. The van der Waals surface area contributed by atoms with Crippen LogP contribution in [0.15, 0.2) is 72.8 Å². The average molecular weight is 1420 g/mol. The van der Waals surface area contributed by atoms with E-state index in [0.29, 0.717) is 191 Å². The highest BCUT2D eigenvalue weighted by molar-refractivity contribution is 5.97. The summed E-state index contributed by atoms with van der Waals surface area (Å²) in [7, 11) is 0. The smallest absolute Gasteiger partial charge is 0.251 e. The maximum atomic E-state index is 14.2. The molecule has 4 aromatic carbocycles. The summed E-state index contributed by atoms with van der Waals surface area (Å²) >= 11 is 0. The van der Waals surface area contributed by atoms with Crippen molar-refractivity contribution >= 4 is 53.2 Å². The van der Waals surface area contributed by atoms with Gasteiger partial charge in [-0.1, -0.05) is 54.6 Å². The molecule has 6 atom stereocenters. The molecule has 0 saturated heterocycles. The van der Waals surface area contributed by atoms with Crippen molar-refractivity contribution in [2.24, 2.45) is 68.8 Å². The van der Waals surface area contributed by atoms with Gasteiger partial charge in [0.15, 0.2) is 0 Å².